The third-order valence-electron chi connectivity index (χ3n) is 3.84. The lowest BCUT2D eigenvalue weighted by molar-refractivity contribution is 0.367. The lowest BCUT2D eigenvalue weighted by Gasteiger charge is -2.22. The Morgan fingerprint density at radius 3 is 3.15 bits per heavy atom. The molecule has 0 saturated carbocycles. The third kappa shape index (κ3) is 2.57. The Morgan fingerprint density at radius 2 is 2.25 bits per heavy atom. The highest BCUT2D eigenvalue weighted by Crippen LogP contribution is 2.35. The number of unbranched alkanes of at least 4 members (excludes halogenated alkanes) is 1. The fourth-order valence-electron chi connectivity index (χ4n) is 2.85. The number of fused-ring (bicyclic) bond motifs is 1. The summed E-state index contributed by atoms with van der Waals surface area (Å²) in [6.45, 7) is 0. The molecule has 4 nitrogen and oxygen atoms in total. The first-order valence-corrected chi connectivity index (χ1v) is 7.15. The van der Waals surface area contributed by atoms with Crippen molar-refractivity contribution < 1.29 is 4.52 Å². The molecule has 2 aromatic rings. The molecule has 102 valence electrons. The van der Waals surface area contributed by atoms with Gasteiger partial charge in [-0.15, -0.1) is 0 Å². The maximum absolute atomic E-state index is 8.55. The van der Waals surface area contributed by atoms with Crippen LogP contribution in [0.4, 0.5) is 0 Å². The highest BCUT2D eigenvalue weighted by atomic mass is 16.5. The minimum atomic E-state index is 0.258. The van der Waals surface area contributed by atoms with E-state index < -0.39 is 0 Å². The van der Waals surface area contributed by atoms with Crippen molar-refractivity contribution in [1.29, 1.82) is 5.26 Å². The monoisotopic (exact) mass is 267 g/mol. The number of benzene rings is 1. The number of nitriles is 1. The minimum Gasteiger partial charge on any atom is -0.339 e. The van der Waals surface area contributed by atoms with E-state index in [1.807, 2.05) is 0 Å². The molecule has 1 aliphatic rings. The van der Waals surface area contributed by atoms with Gasteiger partial charge in [0.2, 0.25) is 5.89 Å². The van der Waals surface area contributed by atoms with Gasteiger partial charge in [-0.05, 0) is 36.8 Å². The van der Waals surface area contributed by atoms with Crippen molar-refractivity contribution in [2.45, 2.75) is 44.4 Å². The molecule has 0 spiro atoms. The Kier molecular flexibility index (Phi) is 3.78. The van der Waals surface area contributed by atoms with E-state index in [4.69, 9.17) is 9.78 Å². The molecule has 3 rings (SSSR count). The molecule has 1 aromatic heterocycles. The van der Waals surface area contributed by atoms with E-state index in [0.717, 1.165) is 25.1 Å². The van der Waals surface area contributed by atoms with Gasteiger partial charge in [0.05, 0.1) is 6.07 Å². The van der Waals surface area contributed by atoms with E-state index in [1.54, 1.807) is 0 Å². The average Bonchev–Trinajstić information content (AvgIpc) is 2.96. The molecule has 0 aliphatic heterocycles. The molecule has 0 amide bonds. The second-order valence-electron chi connectivity index (χ2n) is 5.20. The summed E-state index contributed by atoms with van der Waals surface area (Å²) in [6, 6.07) is 10.7. The van der Waals surface area contributed by atoms with Crippen LogP contribution in [-0.4, -0.2) is 10.1 Å². The zero-order valence-corrected chi connectivity index (χ0v) is 11.4. The van der Waals surface area contributed by atoms with Crippen LogP contribution in [-0.2, 0) is 12.8 Å². The highest BCUT2D eigenvalue weighted by Gasteiger charge is 2.25. The second kappa shape index (κ2) is 5.87. The van der Waals surface area contributed by atoms with Gasteiger partial charge < -0.3 is 4.52 Å². The van der Waals surface area contributed by atoms with Crippen molar-refractivity contribution in [3.8, 4) is 6.07 Å². The first-order valence-electron chi connectivity index (χ1n) is 7.15. The van der Waals surface area contributed by atoms with Crippen LogP contribution in [0.1, 0.15) is 54.4 Å². The molecule has 0 bridgehead atoms. The van der Waals surface area contributed by atoms with E-state index in [2.05, 4.69) is 40.5 Å². The van der Waals surface area contributed by atoms with Crippen LogP contribution in [0.15, 0.2) is 28.8 Å². The van der Waals surface area contributed by atoms with Gasteiger partial charge in [-0.3, -0.25) is 0 Å². The number of hydrogen-bond donors (Lipinski definition) is 0. The van der Waals surface area contributed by atoms with Gasteiger partial charge in [0.1, 0.15) is 0 Å². The second-order valence-corrected chi connectivity index (χ2v) is 5.20. The molecule has 1 aliphatic carbocycles. The van der Waals surface area contributed by atoms with Crippen molar-refractivity contribution in [2.24, 2.45) is 0 Å². The molecule has 20 heavy (non-hydrogen) atoms. The molecule has 1 atom stereocenters. The van der Waals surface area contributed by atoms with Crippen LogP contribution >= 0.6 is 0 Å². The molecule has 1 unspecified atom stereocenters. The lowest BCUT2D eigenvalue weighted by Crippen LogP contribution is -2.12. The summed E-state index contributed by atoms with van der Waals surface area (Å²) in [7, 11) is 0. The van der Waals surface area contributed by atoms with Crippen molar-refractivity contribution >= 4 is 0 Å². The van der Waals surface area contributed by atoms with E-state index in [-0.39, 0.29) is 5.92 Å². The van der Waals surface area contributed by atoms with Crippen LogP contribution < -0.4 is 0 Å². The predicted molar refractivity (Wildman–Crippen MR) is 74.1 cm³/mol. The maximum Gasteiger partial charge on any atom is 0.226 e. The van der Waals surface area contributed by atoms with Crippen LogP contribution in [0.2, 0.25) is 0 Å². The smallest absolute Gasteiger partial charge is 0.226 e. The quantitative estimate of drug-likeness (QED) is 0.797. The molecule has 4 heteroatoms. The van der Waals surface area contributed by atoms with Crippen molar-refractivity contribution in [3.63, 3.8) is 0 Å². The van der Waals surface area contributed by atoms with Crippen LogP contribution in [0.25, 0.3) is 0 Å². The number of aromatic nitrogens is 2. The Morgan fingerprint density at radius 1 is 1.35 bits per heavy atom. The predicted octanol–water partition coefficient (Wildman–Crippen LogP) is 3.38. The highest BCUT2D eigenvalue weighted by molar-refractivity contribution is 5.36. The van der Waals surface area contributed by atoms with E-state index in [0.29, 0.717) is 18.7 Å². The lowest BCUT2D eigenvalue weighted by atomic mass is 9.82. The van der Waals surface area contributed by atoms with Crippen molar-refractivity contribution in [3.05, 3.63) is 47.1 Å². The number of aryl methyl sites for hydroxylation is 2. The zero-order valence-electron chi connectivity index (χ0n) is 11.4. The SMILES string of the molecule is N#CCCCc1nc(C2CCCc3ccccc32)no1. The van der Waals surface area contributed by atoms with Crippen molar-refractivity contribution in [1.82, 2.24) is 10.1 Å². The first-order chi connectivity index (χ1) is 9.88. The van der Waals surface area contributed by atoms with Crippen LogP contribution in [0.3, 0.4) is 0 Å². The minimum absolute atomic E-state index is 0.258. The molecule has 0 fully saturated rings. The molecule has 0 saturated heterocycles. The van der Waals surface area contributed by atoms with Gasteiger partial charge in [-0.25, -0.2) is 0 Å². The Hall–Kier alpha value is -2.15. The number of nitrogens with zero attached hydrogens (tertiary/aromatic N) is 3. The Bertz CT molecular complexity index is 627. The van der Waals surface area contributed by atoms with Crippen LogP contribution in [0.5, 0.6) is 0 Å². The topological polar surface area (TPSA) is 62.7 Å². The molecule has 0 radical (unpaired) electrons. The van der Waals surface area contributed by atoms with Gasteiger partial charge in [-0.1, -0.05) is 29.4 Å². The molecular weight excluding hydrogens is 250 g/mol. The van der Waals surface area contributed by atoms with E-state index in [9.17, 15) is 0 Å². The first kappa shape index (κ1) is 12.9. The summed E-state index contributed by atoms with van der Waals surface area (Å²) in [5.74, 6) is 1.70. The molecule has 1 heterocycles. The summed E-state index contributed by atoms with van der Waals surface area (Å²) in [5.41, 5.74) is 2.74. The fraction of sp³-hybridized carbons (Fsp3) is 0.438. The van der Waals surface area contributed by atoms with Gasteiger partial charge in [-0.2, -0.15) is 10.2 Å². The Balaban J connectivity index is 1.79. The number of hydrogen-bond acceptors (Lipinski definition) is 4. The van der Waals surface area contributed by atoms with Gasteiger partial charge >= 0.3 is 0 Å². The van der Waals surface area contributed by atoms with Gasteiger partial charge in [0.15, 0.2) is 5.82 Å². The Labute approximate surface area is 118 Å². The third-order valence-corrected chi connectivity index (χ3v) is 3.84. The normalized spacial score (nSPS) is 17.4. The standard InChI is InChI=1S/C16H17N3O/c17-11-4-3-10-15-18-16(19-20-15)14-9-5-7-12-6-1-2-8-13(12)14/h1-2,6,8,14H,3-5,7,9-10H2. The van der Waals surface area contributed by atoms with Gasteiger partial charge in [0, 0.05) is 18.8 Å². The van der Waals surface area contributed by atoms with E-state index in [1.165, 1.54) is 17.5 Å². The summed E-state index contributed by atoms with van der Waals surface area (Å²) < 4.78 is 5.31. The molecule has 1 aromatic carbocycles. The fourth-order valence-corrected chi connectivity index (χ4v) is 2.85. The zero-order chi connectivity index (χ0) is 13.8. The average molecular weight is 267 g/mol. The molecular formula is C16H17N3O. The number of rotatable bonds is 4. The largest absolute Gasteiger partial charge is 0.339 e. The summed E-state index contributed by atoms with van der Waals surface area (Å²) in [5, 5.41) is 12.7. The summed E-state index contributed by atoms with van der Waals surface area (Å²) >= 11 is 0. The summed E-state index contributed by atoms with van der Waals surface area (Å²) in [4.78, 5) is 4.52. The van der Waals surface area contributed by atoms with Crippen molar-refractivity contribution in [2.75, 3.05) is 0 Å². The maximum atomic E-state index is 8.55. The van der Waals surface area contributed by atoms with Crippen LogP contribution in [0, 0.1) is 11.3 Å². The summed E-state index contributed by atoms with van der Waals surface area (Å²) in [6.07, 6.45) is 5.38. The molecule has 0 N–H and O–H groups in total. The van der Waals surface area contributed by atoms with E-state index >= 15 is 0 Å². The van der Waals surface area contributed by atoms with Gasteiger partial charge in [0.25, 0.3) is 0 Å².